The van der Waals surface area contributed by atoms with E-state index in [1.807, 2.05) is 49.4 Å². The second kappa shape index (κ2) is 13.3. The van der Waals surface area contributed by atoms with Crippen LogP contribution in [-0.4, -0.2) is 51.7 Å². The second-order valence-corrected chi connectivity index (χ2v) is 10.9. The lowest BCUT2D eigenvalue weighted by molar-refractivity contribution is -0.162. The summed E-state index contributed by atoms with van der Waals surface area (Å²) in [6, 6.07) is 13.7. The average Bonchev–Trinajstić information content (AvgIpc) is 2.90. The lowest BCUT2D eigenvalue weighted by Crippen LogP contribution is -2.42. The van der Waals surface area contributed by atoms with Crippen molar-refractivity contribution in [2.45, 2.75) is 83.2 Å². The van der Waals surface area contributed by atoms with Crippen molar-refractivity contribution in [1.29, 1.82) is 0 Å². The monoisotopic (exact) mass is 536 g/mol. The zero-order valence-electron chi connectivity index (χ0n) is 22.7. The Bertz CT molecular complexity index is 1200. The van der Waals surface area contributed by atoms with E-state index < -0.39 is 24.3 Å². The van der Waals surface area contributed by atoms with Crippen LogP contribution in [0.2, 0.25) is 0 Å². The number of carbonyl (C=O) groups is 2. The van der Waals surface area contributed by atoms with Gasteiger partial charge in [-0.25, -0.2) is 4.79 Å². The van der Waals surface area contributed by atoms with Crippen LogP contribution in [0.3, 0.4) is 0 Å². The number of rotatable bonds is 12. The maximum Gasteiger partial charge on any atom is 0.347 e. The van der Waals surface area contributed by atoms with Gasteiger partial charge in [-0.15, -0.1) is 0 Å². The van der Waals surface area contributed by atoms with Gasteiger partial charge in [0, 0.05) is 11.3 Å². The molecule has 0 aliphatic heterocycles. The molecule has 0 heterocycles. The molecule has 7 nitrogen and oxygen atoms in total. The van der Waals surface area contributed by atoms with Gasteiger partial charge in [-0.1, -0.05) is 68.5 Å². The van der Waals surface area contributed by atoms with Gasteiger partial charge in [0.15, 0.2) is 6.10 Å². The maximum atomic E-state index is 13.4. The van der Waals surface area contributed by atoms with Gasteiger partial charge >= 0.3 is 11.9 Å². The minimum absolute atomic E-state index is 0.00825. The van der Waals surface area contributed by atoms with Gasteiger partial charge < -0.3 is 24.8 Å². The van der Waals surface area contributed by atoms with Crippen molar-refractivity contribution < 1.29 is 34.4 Å². The van der Waals surface area contributed by atoms with Gasteiger partial charge in [0.1, 0.15) is 11.9 Å². The van der Waals surface area contributed by atoms with Crippen molar-refractivity contribution in [3.8, 4) is 5.75 Å². The number of fused-ring (bicyclic) bond motifs is 2. The third-order valence-corrected chi connectivity index (χ3v) is 8.05. The molecule has 7 unspecified atom stereocenters. The summed E-state index contributed by atoms with van der Waals surface area (Å²) < 4.78 is 12.4. The number of carboxylic acid groups (broad SMARTS) is 1. The normalized spacial score (nSPS) is 24.8. The highest BCUT2D eigenvalue weighted by molar-refractivity contribution is 5.88. The van der Waals surface area contributed by atoms with Crippen molar-refractivity contribution in [1.82, 2.24) is 0 Å². The van der Waals surface area contributed by atoms with Crippen LogP contribution in [0.25, 0.3) is 10.8 Å². The highest BCUT2D eigenvalue weighted by atomic mass is 16.6. The summed E-state index contributed by atoms with van der Waals surface area (Å²) >= 11 is 0. The molecule has 39 heavy (non-hydrogen) atoms. The molecular weight excluding hydrogens is 496 g/mol. The maximum absolute atomic E-state index is 13.4. The van der Waals surface area contributed by atoms with Crippen LogP contribution in [0.1, 0.15) is 58.8 Å². The van der Waals surface area contributed by atoms with E-state index in [0.29, 0.717) is 25.0 Å². The Morgan fingerprint density at radius 1 is 1.08 bits per heavy atom. The molecule has 0 spiro atoms. The quantitative estimate of drug-likeness (QED) is 0.310. The summed E-state index contributed by atoms with van der Waals surface area (Å²) in [6.45, 7) is 4.05. The fourth-order valence-electron chi connectivity index (χ4n) is 6.03. The molecule has 0 saturated heterocycles. The van der Waals surface area contributed by atoms with Crippen LogP contribution < -0.4 is 4.74 Å². The molecule has 2 aromatic rings. The Hall–Kier alpha value is -3.16. The number of carbonyl (C=O) groups excluding carboxylic acids is 1. The first kappa shape index (κ1) is 28.8. The van der Waals surface area contributed by atoms with E-state index >= 15 is 0 Å². The third kappa shape index (κ3) is 7.28. The molecule has 210 valence electrons. The predicted molar refractivity (Wildman–Crippen MR) is 149 cm³/mol. The number of esters is 1. The van der Waals surface area contributed by atoms with Crippen molar-refractivity contribution in [3.63, 3.8) is 0 Å². The van der Waals surface area contributed by atoms with Gasteiger partial charge in [-0.3, -0.25) is 4.79 Å². The fourth-order valence-corrected chi connectivity index (χ4v) is 6.03. The van der Waals surface area contributed by atoms with Gasteiger partial charge in [0.05, 0.1) is 18.6 Å². The molecule has 0 amide bonds. The van der Waals surface area contributed by atoms with Crippen LogP contribution in [0.15, 0.2) is 66.3 Å². The highest BCUT2D eigenvalue weighted by Gasteiger charge is 2.41. The summed E-state index contributed by atoms with van der Waals surface area (Å²) in [7, 11) is 0. The smallest absolute Gasteiger partial charge is 0.347 e. The summed E-state index contributed by atoms with van der Waals surface area (Å²) in [5.41, 5.74) is 1.16. The summed E-state index contributed by atoms with van der Waals surface area (Å²) in [5, 5.41) is 31.3. The summed E-state index contributed by atoms with van der Waals surface area (Å²) in [5.74, 6) is -0.422. The molecule has 0 radical (unpaired) electrons. The van der Waals surface area contributed by atoms with E-state index in [9.17, 15) is 19.8 Å². The van der Waals surface area contributed by atoms with Crippen molar-refractivity contribution in [2.24, 2.45) is 17.8 Å². The van der Waals surface area contributed by atoms with Crippen molar-refractivity contribution in [2.75, 3.05) is 0 Å². The average molecular weight is 537 g/mol. The first-order valence-electron chi connectivity index (χ1n) is 14.1. The van der Waals surface area contributed by atoms with Crippen LogP contribution in [0.5, 0.6) is 5.75 Å². The lowest BCUT2D eigenvalue weighted by atomic mass is 9.66. The molecule has 0 aromatic heterocycles. The number of hydrogen-bond acceptors (Lipinski definition) is 6. The highest BCUT2D eigenvalue weighted by Crippen LogP contribution is 2.44. The molecular formula is C32H40O7. The van der Waals surface area contributed by atoms with E-state index in [4.69, 9.17) is 14.6 Å². The van der Waals surface area contributed by atoms with Crippen LogP contribution in [0, 0.1) is 17.8 Å². The lowest BCUT2D eigenvalue weighted by Gasteiger charge is -2.42. The number of hydrogen-bond donors (Lipinski definition) is 3. The molecule has 2 aliphatic carbocycles. The van der Waals surface area contributed by atoms with Crippen LogP contribution in [0.4, 0.5) is 0 Å². The zero-order valence-corrected chi connectivity index (χ0v) is 22.7. The van der Waals surface area contributed by atoms with Crippen LogP contribution >= 0.6 is 0 Å². The van der Waals surface area contributed by atoms with Crippen molar-refractivity contribution in [3.05, 3.63) is 66.3 Å². The first-order valence-corrected chi connectivity index (χ1v) is 14.1. The Morgan fingerprint density at radius 3 is 2.62 bits per heavy atom. The topological polar surface area (TPSA) is 113 Å². The molecule has 7 atom stereocenters. The number of benzene rings is 2. The Kier molecular flexibility index (Phi) is 9.81. The van der Waals surface area contributed by atoms with Gasteiger partial charge in [-0.05, 0) is 67.4 Å². The Balaban J connectivity index is 1.44. The van der Waals surface area contributed by atoms with Gasteiger partial charge in [0.2, 0.25) is 0 Å². The molecule has 3 N–H and O–H groups in total. The molecule has 2 aliphatic rings. The largest absolute Gasteiger partial charge is 0.481 e. The zero-order chi connectivity index (χ0) is 27.9. The van der Waals surface area contributed by atoms with Crippen molar-refractivity contribution >= 4 is 22.7 Å². The molecule has 0 saturated carbocycles. The van der Waals surface area contributed by atoms with Gasteiger partial charge in [-0.2, -0.15) is 0 Å². The SMILES string of the molecule is CCC(Oc1cccc2ccccc12)C(=O)OC1CCC=C2C=CC(C)C(CCC(O)CC(O)CC(=O)O)C21. The number of ether oxygens (including phenoxy) is 2. The predicted octanol–water partition coefficient (Wildman–Crippen LogP) is 5.43. The fraction of sp³-hybridized carbons (Fsp3) is 0.500. The van der Waals surface area contributed by atoms with E-state index in [0.717, 1.165) is 29.2 Å². The summed E-state index contributed by atoms with van der Waals surface area (Å²) in [4.78, 5) is 24.3. The summed E-state index contributed by atoms with van der Waals surface area (Å²) in [6.07, 6.45) is 6.39. The molecule has 7 heteroatoms. The van der Waals surface area contributed by atoms with Crippen LogP contribution in [-0.2, 0) is 14.3 Å². The molecule has 4 rings (SSSR count). The minimum atomic E-state index is -1.09. The van der Waals surface area contributed by atoms with E-state index in [1.165, 1.54) is 0 Å². The second-order valence-electron chi connectivity index (χ2n) is 10.9. The van der Waals surface area contributed by atoms with E-state index in [-0.39, 0.29) is 42.7 Å². The minimum Gasteiger partial charge on any atom is -0.481 e. The Morgan fingerprint density at radius 2 is 1.85 bits per heavy atom. The standard InChI is InChI=1S/C32H40O7/c1-3-27(38-28-12-6-9-21-8-4-5-11-26(21)28)32(37)39-29-13-7-10-22-15-14-20(2)25(31(22)29)17-16-23(33)18-24(34)19-30(35)36/h4-6,8-12,14-15,20,23-25,27,29,31,33-34H,3,7,13,16-19H2,1-2H3,(H,35,36). The van der Waals surface area contributed by atoms with Gasteiger partial charge in [0.25, 0.3) is 0 Å². The third-order valence-electron chi connectivity index (χ3n) is 8.05. The number of carboxylic acids is 1. The Labute approximate surface area is 230 Å². The first-order chi connectivity index (χ1) is 18.8. The number of allylic oxidation sites excluding steroid dienone is 3. The number of aliphatic hydroxyl groups is 2. The number of aliphatic carboxylic acids is 1. The number of aliphatic hydroxyl groups excluding tert-OH is 2. The van der Waals surface area contributed by atoms with E-state index in [2.05, 4.69) is 25.2 Å². The molecule has 0 bridgehead atoms. The molecule has 2 aromatic carbocycles. The van der Waals surface area contributed by atoms with E-state index in [1.54, 1.807) is 0 Å². The molecule has 0 fully saturated rings.